The first-order valence-corrected chi connectivity index (χ1v) is 8.48. The smallest absolute Gasteiger partial charge is 0.312 e. The molecule has 3 N–H and O–H groups in total. The molecule has 0 atom stereocenters. The summed E-state index contributed by atoms with van der Waals surface area (Å²) >= 11 is 0. The molecule has 0 aliphatic heterocycles. The molecule has 0 spiro atoms. The van der Waals surface area contributed by atoms with Crippen LogP contribution in [0.3, 0.4) is 0 Å². The van der Waals surface area contributed by atoms with E-state index in [1.807, 2.05) is 0 Å². The van der Waals surface area contributed by atoms with Crippen LogP contribution in [0.1, 0.15) is 40.0 Å². The van der Waals surface area contributed by atoms with Crippen LogP contribution in [0.4, 0.5) is 0 Å². The van der Waals surface area contributed by atoms with Gasteiger partial charge in [0.1, 0.15) is 0 Å². The Morgan fingerprint density at radius 1 is 0.833 bits per heavy atom. The third-order valence-corrected chi connectivity index (χ3v) is 2.38. The molecule has 0 radical (unpaired) electrons. The summed E-state index contributed by atoms with van der Waals surface area (Å²) < 4.78 is 25.1. The fourth-order valence-corrected chi connectivity index (χ4v) is 1.83. The molecule has 0 saturated carbocycles. The third kappa shape index (κ3) is 25.3. The normalized spacial score (nSPS) is 11.3. The van der Waals surface area contributed by atoms with E-state index in [-0.39, 0.29) is 0 Å². The summed E-state index contributed by atoms with van der Waals surface area (Å²) in [6.45, 7) is 8.39. The van der Waals surface area contributed by atoms with Gasteiger partial charge in [0.05, 0.1) is 19.8 Å². The summed E-state index contributed by atoms with van der Waals surface area (Å²) in [5.41, 5.74) is 0. The summed E-state index contributed by atoms with van der Waals surface area (Å²) in [5, 5.41) is 0. The van der Waals surface area contributed by atoms with Gasteiger partial charge in [-0.15, -0.1) is 0 Å². The van der Waals surface area contributed by atoms with Gasteiger partial charge < -0.3 is 28.3 Å². The second-order valence-corrected chi connectivity index (χ2v) is 5.48. The first kappa shape index (κ1) is 20.7. The lowest BCUT2D eigenvalue weighted by molar-refractivity contribution is 0.160. The molecule has 9 heteroatoms. The predicted octanol–water partition coefficient (Wildman–Crippen LogP) is 2.56. The van der Waals surface area contributed by atoms with E-state index in [4.69, 9.17) is 32.8 Å². The Labute approximate surface area is 110 Å². The van der Waals surface area contributed by atoms with Gasteiger partial charge in [-0.25, -0.2) is 4.57 Å². The monoisotopic (exact) mass is 306 g/mol. The maximum absolute atomic E-state index is 8.88. The lowest BCUT2D eigenvalue weighted by Crippen LogP contribution is -1.98. The zero-order chi connectivity index (χ0) is 14.4. The van der Waals surface area contributed by atoms with E-state index in [1.54, 1.807) is 0 Å². The standard InChI is InChI=1S/C9H21O3P.H3O4P/c1-4-7-10-13(11-8-5-2)12-9-6-3;1-5(2,3)4/h4-9H2,1-3H3;(H3,1,2,3,4). The van der Waals surface area contributed by atoms with Crippen LogP contribution < -0.4 is 0 Å². The van der Waals surface area contributed by atoms with E-state index >= 15 is 0 Å². The van der Waals surface area contributed by atoms with Crippen molar-refractivity contribution in [1.82, 2.24) is 0 Å². The Bertz CT molecular complexity index is 182. The first-order chi connectivity index (χ1) is 8.35. The van der Waals surface area contributed by atoms with Crippen molar-refractivity contribution in [2.75, 3.05) is 19.8 Å². The number of phosphoric acid groups is 1. The first-order valence-electron chi connectivity index (χ1n) is 5.82. The van der Waals surface area contributed by atoms with Gasteiger partial charge in [-0.05, 0) is 19.3 Å². The van der Waals surface area contributed by atoms with Crippen LogP contribution in [-0.2, 0) is 18.1 Å². The van der Waals surface area contributed by atoms with Crippen molar-refractivity contribution >= 4 is 16.4 Å². The van der Waals surface area contributed by atoms with Crippen LogP contribution in [0.15, 0.2) is 0 Å². The molecule has 0 fully saturated rings. The summed E-state index contributed by atoms with van der Waals surface area (Å²) in [4.78, 5) is 21.6. The van der Waals surface area contributed by atoms with Gasteiger partial charge in [-0.2, -0.15) is 0 Å². The Hall–Kier alpha value is 0.420. The molecule has 18 heavy (non-hydrogen) atoms. The van der Waals surface area contributed by atoms with Gasteiger partial charge in [0.15, 0.2) is 0 Å². The zero-order valence-corrected chi connectivity index (χ0v) is 12.9. The van der Waals surface area contributed by atoms with E-state index in [0.717, 1.165) is 39.1 Å². The second-order valence-electron chi connectivity index (χ2n) is 3.24. The maximum Gasteiger partial charge on any atom is 0.466 e. The average Bonchev–Trinajstić information content (AvgIpc) is 2.26. The highest BCUT2D eigenvalue weighted by Gasteiger charge is 2.10. The zero-order valence-electron chi connectivity index (χ0n) is 11.1. The molecule has 0 amide bonds. The van der Waals surface area contributed by atoms with Crippen molar-refractivity contribution in [3.63, 3.8) is 0 Å². The largest absolute Gasteiger partial charge is 0.466 e. The van der Waals surface area contributed by atoms with Crippen molar-refractivity contribution in [1.29, 1.82) is 0 Å². The number of hydrogen-bond acceptors (Lipinski definition) is 4. The molecule has 7 nitrogen and oxygen atoms in total. The maximum atomic E-state index is 8.88. The molecule has 0 heterocycles. The fraction of sp³-hybridized carbons (Fsp3) is 1.00. The Morgan fingerprint density at radius 2 is 1.06 bits per heavy atom. The predicted molar refractivity (Wildman–Crippen MR) is 69.9 cm³/mol. The highest BCUT2D eigenvalue weighted by Crippen LogP contribution is 2.39. The van der Waals surface area contributed by atoms with E-state index in [0.29, 0.717) is 0 Å². The average molecular weight is 306 g/mol. The molecule has 0 rings (SSSR count). The quantitative estimate of drug-likeness (QED) is 0.562. The van der Waals surface area contributed by atoms with Gasteiger partial charge in [0.2, 0.25) is 0 Å². The molecule has 112 valence electrons. The van der Waals surface area contributed by atoms with Gasteiger partial charge in [0.25, 0.3) is 0 Å². The van der Waals surface area contributed by atoms with Gasteiger partial charge in [-0.1, -0.05) is 20.8 Å². The number of hydrogen-bond donors (Lipinski definition) is 3. The minimum absolute atomic E-state index is 0.721. The van der Waals surface area contributed by atoms with Crippen molar-refractivity contribution in [3.05, 3.63) is 0 Å². The van der Waals surface area contributed by atoms with E-state index in [2.05, 4.69) is 20.8 Å². The molecule has 0 unspecified atom stereocenters. The van der Waals surface area contributed by atoms with Crippen LogP contribution in [0.5, 0.6) is 0 Å². The van der Waals surface area contributed by atoms with Crippen molar-refractivity contribution in [2.45, 2.75) is 40.0 Å². The number of rotatable bonds is 9. The van der Waals surface area contributed by atoms with Crippen LogP contribution in [0, 0.1) is 0 Å². The molecule has 0 aromatic heterocycles. The summed E-state index contributed by atoms with van der Waals surface area (Å²) in [6, 6.07) is 0. The lowest BCUT2D eigenvalue weighted by Gasteiger charge is -2.15. The summed E-state index contributed by atoms with van der Waals surface area (Å²) in [6.07, 6.45) is 3.01. The van der Waals surface area contributed by atoms with Crippen molar-refractivity contribution in [2.24, 2.45) is 0 Å². The van der Waals surface area contributed by atoms with Crippen LogP contribution in [0.2, 0.25) is 0 Å². The Kier molecular flexibility index (Phi) is 15.9. The van der Waals surface area contributed by atoms with E-state index in [1.165, 1.54) is 0 Å². The third-order valence-electron chi connectivity index (χ3n) is 1.20. The SMILES string of the molecule is CCCOP(OCCC)OCCC.O=P(O)(O)O. The topological polar surface area (TPSA) is 105 Å². The van der Waals surface area contributed by atoms with Crippen LogP contribution >= 0.6 is 16.4 Å². The van der Waals surface area contributed by atoms with E-state index < -0.39 is 16.4 Å². The molecular formula is C9H24O7P2. The Balaban J connectivity index is 0. The lowest BCUT2D eigenvalue weighted by atomic mass is 10.5. The molecule has 0 aromatic rings. The minimum atomic E-state index is -4.64. The minimum Gasteiger partial charge on any atom is -0.312 e. The summed E-state index contributed by atoms with van der Waals surface area (Å²) in [5.74, 6) is 0. The molecular weight excluding hydrogens is 282 g/mol. The van der Waals surface area contributed by atoms with Crippen LogP contribution in [0.25, 0.3) is 0 Å². The van der Waals surface area contributed by atoms with Gasteiger partial charge >= 0.3 is 16.4 Å². The van der Waals surface area contributed by atoms with Crippen molar-refractivity contribution < 1.29 is 32.8 Å². The second kappa shape index (κ2) is 13.8. The highest BCUT2D eigenvalue weighted by molar-refractivity contribution is 7.45. The highest BCUT2D eigenvalue weighted by atomic mass is 31.2. The molecule has 0 aliphatic rings. The summed E-state index contributed by atoms with van der Waals surface area (Å²) in [7, 11) is -5.72. The van der Waals surface area contributed by atoms with E-state index in [9.17, 15) is 0 Å². The molecule has 0 aliphatic carbocycles. The molecule has 0 bridgehead atoms. The fourth-order valence-electron chi connectivity index (χ4n) is 0.609. The van der Waals surface area contributed by atoms with Crippen molar-refractivity contribution in [3.8, 4) is 0 Å². The Morgan fingerprint density at radius 3 is 1.22 bits per heavy atom. The molecule has 0 aromatic carbocycles. The van der Waals surface area contributed by atoms with Gasteiger partial charge in [-0.3, -0.25) is 0 Å². The molecule has 0 saturated heterocycles. The van der Waals surface area contributed by atoms with Crippen LogP contribution in [-0.4, -0.2) is 34.5 Å². The van der Waals surface area contributed by atoms with Gasteiger partial charge in [0, 0.05) is 0 Å².